The summed E-state index contributed by atoms with van der Waals surface area (Å²) in [6.45, 7) is 5.81. The SMILES string of the molecule is CCc1nc(NS(=O)(=O)c2cc(C)c(Br)s2)sc1C. The third-order valence-electron chi connectivity index (χ3n) is 2.55. The van der Waals surface area contributed by atoms with Gasteiger partial charge < -0.3 is 0 Å². The molecular weight excluding hydrogens is 368 g/mol. The zero-order valence-corrected chi connectivity index (χ0v) is 14.7. The molecule has 0 fully saturated rings. The predicted octanol–water partition coefficient (Wildman–Crippen LogP) is 3.95. The fraction of sp³-hybridized carbons (Fsp3) is 0.364. The Bertz CT molecular complexity index is 684. The number of sulfonamides is 1. The molecule has 0 unspecified atom stereocenters. The Balaban J connectivity index is 2.30. The molecule has 4 nitrogen and oxygen atoms in total. The number of hydrogen-bond donors (Lipinski definition) is 1. The molecule has 0 saturated heterocycles. The van der Waals surface area contributed by atoms with Crippen LogP contribution in [0.5, 0.6) is 0 Å². The molecule has 0 spiro atoms. The topological polar surface area (TPSA) is 59.1 Å². The van der Waals surface area contributed by atoms with Crippen molar-refractivity contribution in [3.8, 4) is 0 Å². The molecule has 0 aromatic carbocycles. The van der Waals surface area contributed by atoms with Crippen LogP contribution in [0.25, 0.3) is 0 Å². The van der Waals surface area contributed by atoms with E-state index in [0.717, 1.165) is 26.3 Å². The van der Waals surface area contributed by atoms with Gasteiger partial charge in [0, 0.05) is 4.88 Å². The summed E-state index contributed by atoms with van der Waals surface area (Å²) in [5.41, 5.74) is 1.85. The van der Waals surface area contributed by atoms with E-state index in [2.05, 4.69) is 25.6 Å². The minimum absolute atomic E-state index is 0.294. The molecule has 1 N–H and O–H groups in total. The highest BCUT2D eigenvalue weighted by Gasteiger charge is 2.20. The van der Waals surface area contributed by atoms with E-state index in [1.54, 1.807) is 6.07 Å². The van der Waals surface area contributed by atoms with Crippen LogP contribution < -0.4 is 4.72 Å². The van der Waals surface area contributed by atoms with Crippen LogP contribution in [0.4, 0.5) is 5.13 Å². The second kappa shape index (κ2) is 5.51. The third kappa shape index (κ3) is 3.18. The van der Waals surface area contributed by atoms with Crippen LogP contribution in [0.3, 0.4) is 0 Å². The molecule has 0 aliphatic heterocycles. The highest BCUT2D eigenvalue weighted by Crippen LogP contribution is 2.32. The lowest BCUT2D eigenvalue weighted by Gasteiger charge is -2.01. The van der Waals surface area contributed by atoms with Gasteiger partial charge in [-0.1, -0.05) is 6.92 Å². The van der Waals surface area contributed by atoms with E-state index in [-0.39, 0.29) is 0 Å². The summed E-state index contributed by atoms with van der Waals surface area (Å²) in [4.78, 5) is 5.33. The van der Waals surface area contributed by atoms with Crippen LogP contribution in [0, 0.1) is 13.8 Å². The van der Waals surface area contributed by atoms with E-state index in [1.165, 1.54) is 22.7 Å². The molecule has 104 valence electrons. The lowest BCUT2D eigenvalue weighted by molar-refractivity contribution is 0.603. The lowest BCUT2D eigenvalue weighted by Crippen LogP contribution is -2.11. The van der Waals surface area contributed by atoms with Gasteiger partial charge in [0.1, 0.15) is 4.21 Å². The molecule has 0 atom stereocenters. The standard InChI is InChI=1S/C11H13BrN2O2S3/c1-4-8-7(3)17-11(13-8)14-19(15,16)9-5-6(2)10(12)18-9/h5H,4H2,1-3H3,(H,13,14). The zero-order valence-electron chi connectivity index (χ0n) is 10.7. The second-order valence-corrected chi connectivity index (χ2v) is 9.49. The first-order chi connectivity index (χ1) is 8.83. The zero-order chi connectivity index (χ0) is 14.2. The first kappa shape index (κ1) is 15.0. The van der Waals surface area contributed by atoms with Gasteiger partial charge in [-0.05, 0) is 47.8 Å². The van der Waals surface area contributed by atoms with E-state index in [4.69, 9.17) is 0 Å². The van der Waals surface area contributed by atoms with Crippen molar-refractivity contribution >= 4 is 53.8 Å². The van der Waals surface area contributed by atoms with Crippen LogP contribution in [0.2, 0.25) is 0 Å². The van der Waals surface area contributed by atoms with Gasteiger partial charge in [-0.3, -0.25) is 4.72 Å². The highest BCUT2D eigenvalue weighted by atomic mass is 79.9. The third-order valence-corrected chi connectivity index (χ3v) is 7.56. The van der Waals surface area contributed by atoms with Crippen molar-refractivity contribution in [2.24, 2.45) is 0 Å². The van der Waals surface area contributed by atoms with E-state index >= 15 is 0 Å². The van der Waals surface area contributed by atoms with Crippen molar-refractivity contribution in [3.63, 3.8) is 0 Å². The van der Waals surface area contributed by atoms with Gasteiger partial charge in [0.15, 0.2) is 5.13 Å². The summed E-state index contributed by atoms with van der Waals surface area (Å²) in [5.74, 6) is 0. The number of nitrogens with zero attached hydrogens (tertiary/aromatic N) is 1. The first-order valence-corrected chi connectivity index (χ1v) is 9.49. The quantitative estimate of drug-likeness (QED) is 0.873. The second-order valence-electron chi connectivity index (χ2n) is 4.00. The molecule has 0 radical (unpaired) electrons. The number of rotatable bonds is 4. The maximum absolute atomic E-state index is 12.2. The maximum Gasteiger partial charge on any atom is 0.273 e. The van der Waals surface area contributed by atoms with Crippen LogP contribution in [-0.2, 0) is 16.4 Å². The van der Waals surface area contributed by atoms with Crippen molar-refractivity contribution in [3.05, 3.63) is 26.0 Å². The molecule has 2 rings (SSSR count). The summed E-state index contributed by atoms with van der Waals surface area (Å²) >= 11 is 5.90. The number of aryl methyl sites for hydroxylation is 3. The molecule has 2 heterocycles. The molecule has 0 amide bonds. The van der Waals surface area contributed by atoms with Gasteiger partial charge in [-0.15, -0.1) is 22.7 Å². The number of nitrogens with one attached hydrogen (secondary N) is 1. The Morgan fingerprint density at radius 1 is 1.37 bits per heavy atom. The highest BCUT2D eigenvalue weighted by molar-refractivity contribution is 9.11. The molecule has 0 bridgehead atoms. The molecule has 8 heteroatoms. The minimum atomic E-state index is -3.54. The Labute approximate surface area is 129 Å². The minimum Gasteiger partial charge on any atom is -0.254 e. The van der Waals surface area contributed by atoms with Crippen molar-refractivity contribution in [2.75, 3.05) is 4.72 Å². The molecule has 0 saturated carbocycles. The van der Waals surface area contributed by atoms with Gasteiger partial charge in [0.2, 0.25) is 0 Å². The monoisotopic (exact) mass is 380 g/mol. The van der Waals surface area contributed by atoms with Crippen LogP contribution in [0.1, 0.15) is 23.1 Å². The molecule has 2 aromatic rings. The van der Waals surface area contributed by atoms with Crippen LogP contribution in [0.15, 0.2) is 14.1 Å². The predicted molar refractivity (Wildman–Crippen MR) is 83.8 cm³/mol. The normalized spacial score (nSPS) is 11.8. The first-order valence-electron chi connectivity index (χ1n) is 5.58. The maximum atomic E-state index is 12.2. The average Bonchev–Trinajstić information content (AvgIpc) is 2.83. The Kier molecular flexibility index (Phi) is 4.34. The number of thiazole rings is 1. The number of aromatic nitrogens is 1. The van der Waals surface area contributed by atoms with E-state index < -0.39 is 10.0 Å². The van der Waals surface area contributed by atoms with E-state index in [9.17, 15) is 8.42 Å². The number of thiophene rings is 1. The van der Waals surface area contributed by atoms with E-state index in [0.29, 0.717) is 9.34 Å². The molecule has 0 aliphatic rings. The Morgan fingerprint density at radius 3 is 2.53 bits per heavy atom. The van der Waals surface area contributed by atoms with Crippen molar-refractivity contribution in [2.45, 2.75) is 31.4 Å². The fourth-order valence-corrected chi connectivity index (χ4v) is 5.89. The number of halogens is 1. The smallest absolute Gasteiger partial charge is 0.254 e. The number of hydrogen-bond acceptors (Lipinski definition) is 5. The Morgan fingerprint density at radius 2 is 2.05 bits per heavy atom. The summed E-state index contributed by atoms with van der Waals surface area (Å²) in [7, 11) is -3.54. The van der Waals surface area contributed by atoms with Crippen molar-refractivity contribution in [1.29, 1.82) is 0 Å². The molecule has 19 heavy (non-hydrogen) atoms. The van der Waals surface area contributed by atoms with Gasteiger partial charge in [-0.25, -0.2) is 13.4 Å². The van der Waals surface area contributed by atoms with Gasteiger partial charge in [-0.2, -0.15) is 0 Å². The molecule has 2 aromatic heterocycles. The largest absolute Gasteiger partial charge is 0.273 e. The fourth-order valence-electron chi connectivity index (χ4n) is 1.53. The van der Waals surface area contributed by atoms with E-state index in [1.807, 2.05) is 20.8 Å². The lowest BCUT2D eigenvalue weighted by atomic mass is 10.3. The summed E-state index contributed by atoms with van der Waals surface area (Å²) < 4.78 is 28.1. The summed E-state index contributed by atoms with van der Waals surface area (Å²) in [6.07, 6.45) is 0.799. The van der Waals surface area contributed by atoms with Crippen LogP contribution in [-0.4, -0.2) is 13.4 Å². The van der Waals surface area contributed by atoms with Gasteiger partial charge in [0.05, 0.1) is 9.48 Å². The van der Waals surface area contributed by atoms with Gasteiger partial charge >= 0.3 is 0 Å². The molecule has 0 aliphatic carbocycles. The van der Waals surface area contributed by atoms with Crippen molar-refractivity contribution < 1.29 is 8.42 Å². The summed E-state index contributed by atoms with van der Waals surface area (Å²) in [6, 6.07) is 1.65. The molecular formula is C11H13BrN2O2S3. The van der Waals surface area contributed by atoms with Crippen LogP contribution >= 0.6 is 38.6 Å². The summed E-state index contributed by atoms with van der Waals surface area (Å²) in [5, 5.41) is 0.427. The van der Waals surface area contributed by atoms with Gasteiger partial charge in [0.25, 0.3) is 10.0 Å². The Hall–Kier alpha value is -0.440. The van der Waals surface area contributed by atoms with Crippen molar-refractivity contribution in [1.82, 2.24) is 4.98 Å². The average molecular weight is 381 g/mol. The number of anilines is 1.